The minimum Gasteiger partial charge on any atom is -0.341 e. The molecule has 1 aromatic heterocycles. The first-order valence-electron chi connectivity index (χ1n) is 9.01. The lowest BCUT2D eigenvalue weighted by Gasteiger charge is -2.25. The normalized spacial score (nSPS) is 18.0. The number of hydrogen-bond donors (Lipinski definition) is 1. The second kappa shape index (κ2) is 8.76. The molecule has 1 aromatic rings. The minimum absolute atomic E-state index is 0.142. The summed E-state index contributed by atoms with van der Waals surface area (Å²) in [6, 6.07) is -0.317. The van der Waals surface area contributed by atoms with Gasteiger partial charge in [-0.1, -0.05) is 26.2 Å². The molecule has 1 atom stereocenters. The first-order valence-corrected chi connectivity index (χ1v) is 10.7. The third kappa shape index (κ3) is 5.41. The van der Waals surface area contributed by atoms with Gasteiger partial charge in [0.1, 0.15) is 0 Å². The summed E-state index contributed by atoms with van der Waals surface area (Å²) in [6.45, 7) is 7.62. The molecule has 0 radical (unpaired) electrons. The lowest BCUT2D eigenvalue weighted by Crippen LogP contribution is -2.31. The van der Waals surface area contributed by atoms with Crippen molar-refractivity contribution < 1.29 is 8.42 Å². The third-order valence-electron chi connectivity index (χ3n) is 4.44. The molecule has 0 aliphatic carbocycles. The van der Waals surface area contributed by atoms with Crippen LogP contribution in [0, 0.1) is 6.92 Å². The van der Waals surface area contributed by atoms with Gasteiger partial charge < -0.3 is 4.90 Å². The van der Waals surface area contributed by atoms with E-state index in [4.69, 9.17) is 0 Å². The van der Waals surface area contributed by atoms with Gasteiger partial charge in [0.15, 0.2) is 0 Å². The molecule has 1 unspecified atom stereocenters. The lowest BCUT2D eigenvalue weighted by molar-refractivity contribution is 0.548. The maximum atomic E-state index is 12.0. The Balaban J connectivity index is 2.10. The van der Waals surface area contributed by atoms with Gasteiger partial charge in [-0.2, -0.15) is 0 Å². The lowest BCUT2D eigenvalue weighted by atomic mass is 10.1. The van der Waals surface area contributed by atoms with Gasteiger partial charge >= 0.3 is 0 Å². The maximum Gasteiger partial charge on any atom is 0.225 e. The van der Waals surface area contributed by atoms with Crippen molar-refractivity contribution in [2.75, 3.05) is 23.7 Å². The summed E-state index contributed by atoms with van der Waals surface area (Å²) in [6.07, 6.45) is 8.59. The van der Waals surface area contributed by atoms with Crippen molar-refractivity contribution in [1.82, 2.24) is 14.7 Å². The van der Waals surface area contributed by atoms with E-state index in [9.17, 15) is 8.42 Å². The quantitative estimate of drug-likeness (QED) is 0.850. The van der Waals surface area contributed by atoms with Gasteiger partial charge in [0, 0.05) is 36.6 Å². The van der Waals surface area contributed by atoms with Crippen LogP contribution in [0.3, 0.4) is 0 Å². The molecule has 1 fully saturated rings. The molecule has 24 heavy (non-hydrogen) atoms. The Labute approximate surface area is 146 Å². The number of nitrogens with zero attached hydrogens (tertiary/aromatic N) is 3. The molecule has 2 rings (SSSR count). The van der Waals surface area contributed by atoms with Crippen molar-refractivity contribution in [3.8, 4) is 0 Å². The molecule has 136 valence electrons. The second-order valence-electron chi connectivity index (χ2n) is 6.62. The summed E-state index contributed by atoms with van der Waals surface area (Å²) < 4.78 is 26.6. The predicted molar refractivity (Wildman–Crippen MR) is 97.7 cm³/mol. The Hall–Kier alpha value is -1.21. The molecular formula is C17H30N4O2S. The molecule has 7 heteroatoms. The molecular weight excluding hydrogens is 324 g/mol. The SMILES string of the molecule is CCCS(=O)(=O)NC(C)c1cnc(N2CCCCCCC2)nc1C. The van der Waals surface area contributed by atoms with E-state index in [-0.39, 0.29) is 11.8 Å². The first kappa shape index (κ1) is 19.1. The Morgan fingerprint density at radius 3 is 2.42 bits per heavy atom. The van der Waals surface area contributed by atoms with Crippen molar-refractivity contribution in [3.63, 3.8) is 0 Å². The Kier molecular flexibility index (Phi) is 6.98. The van der Waals surface area contributed by atoms with Crippen LogP contribution in [-0.2, 0) is 10.0 Å². The van der Waals surface area contributed by atoms with E-state index in [1.807, 2.05) is 20.8 Å². The summed E-state index contributed by atoms with van der Waals surface area (Å²) in [4.78, 5) is 11.4. The van der Waals surface area contributed by atoms with Gasteiger partial charge in [-0.25, -0.2) is 23.1 Å². The number of hydrogen-bond acceptors (Lipinski definition) is 5. The average Bonchev–Trinajstić information content (AvgIpc) is 2.45. The highest BCUT2D eigenvalue weighted by atomic mass is 32.2. The van der Waals surface area contributed by atoms with Gasteiger partial charge in [0.2, 0.25) is 16.0 Å². The van der Waals surface area contributed by atoms with Crippen LogP contribution in [0.25, 0.3) is 0 Å². The predicted octanol–water partition coefficient (Wildman–Crippen LogP) is 2.95. The molecule has 0 saturated carbocycles. The molecule has 1 aliphatic rings. The number of nitrogens with one attached hydrogen (secondary N) is 1. The first-order chi connectivity index (χ1) is 11.4. The summed E-state index contributed by atoms with van der Waals surface area (Å²) in [7, 11) is -3.25. The summed E-state index contributed by atoms with van der Waals surface area (Å²) >= 11 is 0. The van der Waals surface area contributed by atoms with E-state index in [2.05, 4.69) is 19.6 Å². The van der Waals surface area contributed by atoms with Gasteiger partial charge in [-0.05, 0) is 33.1 Å². The fourth-order valence-corrected chi connectivity index (χ4v) is 4.47. The zero-order valence-electron chi connectivity index (χ0n) is 15.1. The molecule has 0 amide bonds. The third-order valence-corrected chi connectivity index (χ3v) is 6.10. The number of rotatable bonds is 6. The van der Waals surface area contributed by atoms with Crippen LogP contribution in [0.4, 0.5) is 5.95 Å². The van der Waals surface area contributed by atoms with E-state index in [0.717, 1.165) is 30.3 Å². The molecule has 6 nitrogen and oxygen atoms in total. The highest BCUT2D eigenvalue weighted by molar-refractivity contribution is 7.89. The van der Waals surface area contributed by atoms with Crippen LogP contribution < -0.4 is 9.62 Å². The Morgan fingerprint density at radius 2 is 1.83 bits per heavy atom. The molecule has 0 aromatic carbocycles. The molecule has 0 spiro atoms. The molecule has 2 heterocycles. The van der Waals surface area contributed by atoms with Crippen molar-refractivity contribution >= 4 is 16.0 Å². The Bertz CT molecular complexity index is 625. The summed E-state index contributed by atoms with van der Waals surface area (Å²) in [5, 5.41) is 0. The van der Waals surface area contributed by atoms with Crippen LogP contribution in [0.1, 0.15) is 69.7 Å². The molecule has 1 saturated heterocycles. The molecule has 1 N–H and O–H groups in total. The number of aryl methyl sites for hydroxylation is 1. The monoisotopic (exact) mass is 354 g/mol. The van der Waals surface area contributed by atoms with Crippen molar-refractivity contribution in [3.05, 3.63) is 17.5 Å². The van der Waals surface area contributed by atoms with E-state index < -0.39 is 10.0 Å². The van der Waals surface area contributed by atoms with E-state index in [1.54, 1.807) is 6.20 Å². The fraction of sp³-hybridized carbons (Fsp3) is 0.765. The highest BCUT2D eigenvalue weighted by Gasteiger charge is 2.19. The van der Waals surface area contributed by atoms with Gasteiger partial charge in [-0.15, -0.1) is 0 Å². The van der Waals surface area contributed by atoms with Crippen LogP contribution >= 0.6 is 0 Å². The van der Waals surface area contributed by atoms with Gasteiger partial charge in [0.25, 0.3) is 0 Å². The largest absolute Gasteiger partial charge is 0.341 e. The smallest absolute Gasteiger partial charge is 0.225 e. The van der Waals surface area contributed by atoms with Crippen LogP contribution in [0.2, 0.25) is 0 Å². The van der Waals surface area contributed by atoms with E-state index >= 15 is 0 Å². The second-order valence-corrected chi connectivity index (χ2v) is 8.50. The highest BCUT2D eigenvalue weighted by Crippen LogP contribution is 2.20. The van der Waals surface area contributed by atoms with Crippen molar-refractivity contribution in [2.45, 2.75) is 65.3 Å². The van der Waals surface area contributed by atoms with E-state index in [0.29, 0.717) is 6.42 Å². The van der Waals surface area contributed by atoms with Crippen molar-refractivity contribution in [2.24, 2.45) is 0 Å². The molecule has 0 bridgehead atoms. The number of sulfonamides is 1. The maximum absolute atomic E-state index is 12.0. The van der Waals surface area contributed by atoms with Gasteiger partial charge in [0.05, 0.1) is 5.75 Å². The summed E-state index contributed by atoms with van der Waals surface area (Å²) in [5.41, 5.74) is 1.68. The minimum atomic E-state index is -3.25. The van der Waals surface area contributed by atoms with E-state index in [1.165, 1.54) is 32.1 Å². The average molecular weight is 355 g/mol. The van der Waals surface area contributed by atoms with Crippen LogP contribution in [0.15, 0.2) is 6.20 Å². The van der Waals surface area contributed by atoms with Crippen LogP contribution in [-0.4, -0.2) is 37.2 Å². The number of aromatic nitrogens is 2. The zero-order valence-corrected chi connectivity index (χ0v) is 15.9. The van der Waals surface area contributed by atoms with Gasteiger partial charge in [-0.3, -0.25) is 0 Å². The standard InChI is InChI=1S/C17H30N4O2S/c1-4-12-24(22,23)20-15(3)16-13-18-17(19-14(16)2)21-10-8-6-5-7-9-11-21/h13,15,20H,4-12H2,1-3H3. The Morgan fingerprint density at radius 1 is 1.21 bits per heavy atom. The molecule has 1 aliphatic heterocycles. The summed E-state index contributed by atoms with van der Waals surface area (Å²) in [5.74, 6) is 0.907. The topological polar surface area (TPSA) is 75.2 Å². The van der Waals surface area contributed by atoms with Crippen LogP contribution in [0.5, 0.6) is 0 Å². The van der Waals surface area contributed by atoms with Crippen molar-refractivity contribution in [1.29, 1.82) is 0 Å². The zero-order chi connectivity index (χ0) is 17.6. The number of anilines is 1. The fourth-order valence-electron chi connectivity index (χ4n) is 3.15.